The number of phenolic OH excluding ortho intramolecular Hbond substituents is 2. The molecule has 0 spiro atoms. The summed E-state index contributed by atoms with van der Waals surface area (Å²) in [7, 11) is 0. The SMILES string of the molecule is CCCCOC(O)(CC)Oc1ccc(-c2nc(-c3ccccc3)nc(-c3ccc(OC(O)(CC)OCCCC)cc3O)n2)c(O)c1. The minimum atomic E-state index is -1.84. The zero-order chi connectivity index (χ0) is 33.2. The first kappa shape index (κ1) is 34.6. The van der Waals surface area contributed by atoms with E-state index in [2.05, 4.69) is 15.0 Å². The standard InChI is InChI=1S/C35H43N3O8/c1-5-9-20-43-34(41,7-3)45-25-16-18-27(29(39)22-25)32-36-31(24-14-12-11-13-15-24)37-33(38-32)28-19-17-26(23-30(28)40)46-35(42,8-4)44-21-10-6-2/h11-19,22-23,39-42H,5-10,20-21H2,1-4H3. The molecule has 0 aliphatic heterocycles. The number of hydrogen-bond donors (Lipinski definition) is 4. The number of ether oxygens (including phenoxy) is 4. The highest BCUT2D eigenvalue weighted by atomic mass is 16.8. The highest BCUT2D eigenvalue weighted by Crippen LogP contribution is 2.37. The number of rotatable bonds is 17. The molecule has 2 unspecified atom stereocenters. The maximum absolute atomic E-state index is 11.0. The van der Waals surface area contributed by atoms with Gasteiger partial charge in [-0.2, -0.15) is 0 Å². The molecule has 0 fully saturated rings. The van der Waals surface area contributed by atoms with Crippen LogP contribution in [0.5, 0.6) is 23.0 Å². The third kappa shape index (κ3) is 8.91. The Hall–Kier alpha value is -4.29. The van der Waals surface area contributed by atoms with Gasteiger partial charge in [0.25, 0.3) is 0 Å². The van der Waals surface area contributed by atoms with E-state index in [9.17, 15) is 20.4 Å². The van der Waals surface area contributed by atoms with Crippen LogP contribution in [0.1, 0.15) is 66.2 Å². The van der Waals surface area contributed by atoms with Crippen molar-refractivity contribution in [3.63, 3.8) is 0 Å². The van der Waals surface area contributed by atoms with Gasteiger partial charge in [-0.3, -0.25) is 0 Å². The van der Waals surface area contributed by atoms with Gasteiger partial charge in [0.05, 0.1) is 24.3 Å². The van der Waals surface area contributed by atoms with Crippen molar-refractivity contribution in [3.05, 3.63) is 66.7 Å². The summed E-state index contributed by atoms with van der Waals surface area (Å²) in [6.45, 7) is 8.16. The predicted octanol–water partition coefficient (Wildman–Crippen LogP) is 6.79. The van der Waals surface area contributed by atoms with Crippen LogP contribution in [0.15, 0.2) is 66.7 Å². The number of hydrogen-bond acceptors (Lipinski definition) is 11. The van der Waals surface area contributed by atoms with Gasteiger partial charge in [-0.25, -0.2) is 15.0 Å². The second-order valence-electron chi connectivity index (χ2n) is 10.8. The Kier molecular flexibility index (Phi) is 11.9. The Labute approximate surface area is 269 Å². The van der Waals surface area contributed by atoms with Gasteiger partial charge in [0.15, 0.2) is 17.5 Å². The molecule has 0 amide bonds. The monoisotopic (exact) mass is 633 g/mol. The molecule has 246 valence electrons. The van der Waals surface area contributed by atoms with Crippen LogP contribution in [0.25, 0.3) is 34.2 Å². The van der Waals surface area contributed by atoms with Crippen molar-refractivity contribution in [1.82, 2.24) is 15.0 Å². The van der Waals surface area contributed by atoms with Crippen molar-refractivity contribution >= 4 is 0 Å². The minimum Gasteiger partial charge on any atom is -0.507 e. The zero-order valence-electron chi connectivity index (χ0n) is 26.8. The molecular weight excluding hydrogens is 590 g/mol. The normalized spacial score (nSPS) is 14.0. The van der Waals surface area contributed by atoms with Crippen molar-refractivity contribution in [2.24, 2.45) is 0 Å². The van der Waals surface area contributed by atoms with E-state index in [-0.39, 0.29) is 58.6 Å². The number of aromatic hydroxyl groups is 2. The van der Waals surface area contributed by atoms with Crippen LogP contribution in [-0.2, 0) is 9.47 Å². The largest absolute Gasteiger partial charge is 0.507 e. The molecular formula is C35H43N3O8. The van der Waals surface area contributed by atoms with Crippen molar-refractivity contribution in [2.45, 2.75) is 78.2 Å². The molecule has 4 rings (SSSR count). The van der Waals surface area contributed by atoms with Gasteiger partial charge in [0.1, 0.15) is 23.0 Å². The van der Waals surface area contributed by atoms with Crippen molar-refractivity contribution < 1.29 is 39.4 Å². The van der Waals surface area contributed by atoms with Crippen molar-refractivity contribution in [3.8, 4) is 57.2 Å². The summed E-state index contributed by atoms with van der Waals surface area (Å²) in [6.07, 6.45) is 3.68. The third-order valence-corrected chi connectivity index (χ3v) is 7.19. The fraction of sp³-hybridized carbons (Fsp3) is 0.400. The number of nitrogens with zero attached hydrogens (tertiary/aromatic N) is 3. The second kappa shape index (κ2) is 15.8. The van der Waals surface area contributed by atoms with Crippen molar-refractivity contribution in [2.75, 3.05) is 13.2 Å². The molecule has 0 bridgehead atoms. The van der Waals surface area contributed by atoms with Crippen LogP contribution in [-0.4, -0.2) is 60.5 Å². The smallest absolute Gasteiger partial charge is 0.324 e. The van der Waals surface area contributed by atoms with E-state index in [4.69, 9.17) is 18.9 Å². The van der Waals surface area contributed by atoms with Crippen LogP contribution in [0, 0.1) is 0 Å². The average molecular weight is 634 g/mol. The molecule has 11 heteroatoms. The average Bonchev–Trinajstić information content (AvgIpc) is 3.05. The van der Waals surface area contributed by atoms with Crippen LogP contribution < -0.4 is 9.47 Å². The van der Waals surface area contributed by atoms with Crippen LogP contribution in [0.2, 0.25) is 0 Å². The van der Waals surface area contributed by atoms with E-state index in [0.717, 1.165) is 25.7 Å². The summed E-state index contributed by atoms with van der Waals surface area (Å²) in [5, 5.41) is 43.6. The second-order valence-corrected chi connectivity index (χ2v) is 10.8. The first-order valence-corrected chi connectivity index (χ1v) is 15.7. The number of phenols is 2. The quantitative estimate of drug-likeness (QED) is 0.0717. The first-order valence-electron chi connectivity index (χ1n) is 15.7. The summed E-state index contributed by atoms with van der Waals surface area (Å²) in [5.74, 6) is -3.10. The Morgan fingerprint density at radius 3 is 1.41 bits per heavy atom. The topological polar surface area (TPSA) is 157 Å². The fourth-order valence-corrected chi connectivity index (χ4v) is 4.39. The molecule has 0 aliphatic rings. The van der Waals surface area contributed by atoms with E-state index in [1.165, 1.54) is 12.1 Å². The number of benzene rings is 3. The molecule has 11 nitrogen and oxygen atoms in total. The van der Waals surface area contributed by atoms with E-state index in [0.29, 0.717) is 24.6 Å². The Bertz CT molecular complexity index is 1480. The molecule has 1 aromatic heterocycles. The molecule has 46 heavy (non-hydrogen) atoms. The Balaban J connectivity index is 1.69. The molecule has 2 atom stereocenters. The van der Waals surface area contributed by atoms with Gasteiger partial charge in [0, 0.05) is 30.5 Å². The molecule has 0 radical (unpaired) electrons. The van der Waals surface area contributed by atoms with E-state index >= 15 is 0 Å². The van der Waals surface area contributed by atoms with Crippen LogP contribution in [0.3, 0.4) is 0 Å². The highest BCUT2D eigenvalue weighted by molar-refractivity contribution is 5.72. The summed E-state index contributed by atoms with van der Waals surface area (Å²) in [5.41, 5.74) is 1.24. The predicted molar refractivity (Wildman–Crippen MR) is 173 cm³/mol. The summed E-state index contributed by atoms with van der Waals surface area (Å²) in [6, 6.07) is 18.2. The lowest BCUT2D eigenvalue weighted by molar-refractivity contribution is -0.321. The number of aromatic nitrogens is 3. The van der Waals surface area contributed by atoms with Gasteiger partial charge in [-0.05, 0) is 37.1 Å². The maximum Gasteiger partial charge on any atom is 0.324 e. The Morgan fingerprint density at radius 2 is 1.02 bits per heavy atom. The first-order chi connectivity index (χ1) is 22.1. The van der Waals surface area contributed by atoms with Gasteiger partial charge in [-0.15, -0.1) is 0 Å². The number of aliphatic hydroxyl groups is 2. The molecule has 4 aromatic rings. The lowest BCUT2D eigenvalue weighted by Gasteiger charge is -2.27. The summed E-state index contributed by atoms with van der Waals surface area (Å²) < 4.78 is 22.5. The molecule has 4 N–H and O–H groups in total. The zero-order valence-corrected chi connectivity index (χ0v) is 26.8. The molecule has 0 saturated heterocycles. The third-order valence-electron chi connectivity index (χ3n) is 7.19. The van der Waals surface area contributed by atoms with E-state index < -0.39 is 11.9 Å². The van der Waals surface area contributed by atoms with Gasteiger partial charge in [-0.1, -0.05) is 70.9 Å². The summed E-state index contributed by atoms with van der Waals surface area (Å²) >= 11 is 0. The van der Waals surface area contributed by atoms with E-state index in [1.54, 1.807) is 38.1 Å². The van der Waals surface area contributed by atoms with Crippen LogP contribution in [0.4, 0.5) is 0 Å². The molecule has 0 saturated carbocycles. The summed E-state index contributed by atoms with van der Waals surface area (Å²) in [4.78, 5) is 13.8. The Morgan fingerprint density at radius 1 is 0.587 bits per heavy atom. The van der Waals surface area contributed by atoms with Gasteiger partial charge < -0.3 is 39.4 Å². The lowest BCUT2D eigenvalue weighted by atomic mass is 10.1. The fourth-order valence-electron chi connectivity index (χ4n) is 4.39. The van der Waals surface area contributed by atoms with E-state index in [1.807, 2.05) is 44.2 Å². The molecule has 1 heterocycles. The lowest BCUT2D eigenvalue weighted by Crippen LogP contribution is -2.38. The van der Waals surface area contributed by atoms with Gasteiger partial charge in [0.2, 0.25) is 0 Å². The van der Waals surface area contributed by atoms with Gasteiger partial charge >= 0.3 is 11.9 Å². The molecule has 3 aromatic carbocycles. The maximum atomic E-state index is 11.0. The molecule has 0 aliphatic carbocycles. The van der Waals surface area contributed by atoms with Crippen molar-refractivity contribution in [1.29, 1.82) is 0 Å². The highest BCUT2D eigenvalue weighted by Gasteiger charge is 2.30. The minimum absolute atomic E-state index is 0.141. The van der Waals surface area contributed by atoms with Crippen LogP contribution >= 0.6 is 0 Å². The number of unbranched alkanes of at least 4 members (excludes halogenated alkanes) is 2.